The van der Waals surface area contributed by atoms with Crippen LogP contribution >= 0.6 is 0 Å². The Kier molecular flexibility index (Phi) is 8.13. The molecule has 0 aromatic heterocycles. The average molecular weight is 714 g/mol. The maximum Gasteiger partial charge on any atom is 0.0726 e. The summed E-state index contributed by atoms with van der Waals surface area (Å²) in [5.74, 6) is 2.94. The highest BCUT2D eigenvalue weighted by atomic mass is 15.1. The van der Waals surface area contributed by atoms with E-state index in [1.807, 2.05) is 25.2 Å². The molecule has 0 atom stereocenters. The molecule has 0 N–H and O–H groups in total. The van der Waals surface area contributed by atoms with Gasteiger partial charge in [0, 0.05) is 22.4 Å². The molecular formula is C55H39N. The van der Waals surface area contributed by atoms with Gasteiger partial charge in [-0.2, -0.15) is 0 Å². The number of hydrogen-bond donors (Lipinski definition) is 0. The molecule has 1 heteroatoms. The molecule has 0 fully saturated rings. The lowest BCUT2D eigenvalue weighted by atomic mass is 9.70. The molecule has 0 saturated carbocycles. The second kappa shape index (κ2) is 13.6. The third-order valence-electron chi connectivity index (χ3n) is 11.8. The second-order valence-corrected chi connectivity index (χ2v) is 14.6. The van der Waals surface area contributed by atoms with E-state index in [1.54, 1.807) is 0 Å². The Morgan fingerprint density at radius 3 is 1.82 bits per heavy atom. The monoisotopic (exact) mass is 713 g/mol. The highest BCUT2D eigenvalue weighted by molar-refractivity contribution is 6.02. The Balaban J connectivity index is 1.23. The molecule has 0 heterocycles. The predicted molar refractivity (Wildman–Crippen MR) is 235 cm³/mol. The van der Waals surface area contributed by atoms with Gasteiger partial charge in [-0.05, 0) is 105 Å². The van der Waals surface area contributed by atoms with E-state index in [9.17, 15) is 0 Å². The van der Waals surface area contributed by atoms with E-state index in [0.717, 1.165) is 34.6 Å². The van der Waals surface area contributed by atoms with E-state index in [4.69, 9.17) is 6.42 Å². The van der Waals surface area contributed by atoms with E-state index < -0.39 is 5.41 Å². The first-order valence-electron chi connectivity index (χ1n) is 19.4. The van der Waals surface area contributed by atoms with Crippen molar-refractivity contribution >= 4 is 22.6 Å². The van der Waals surface area contributed by atoms with Crippen molar-refractivity contribution in [3.8, 4) is 45.7 Å². The fourth-order valence-corrected chi connectivity index (χ4v) is 9.50. The van der Waals surface area contributed by atoms with Crippen LogP contribution < -0.4 is 4.90 Å². The lowest BCUT2D eigenvalue weighted by molar-refractivity contribution is 0.794. The quantitative estimate of drug-likeness (QED) is 0.117. The molecule has 1 spiro atoms. The van der Waals surface area contributed by atoms with Gasteiger partial charge in [0.2, 0.25) is 0 Å². The minimum absolute atomic E-state index is 0.434. The zero-order chi connectivity index (χ0) is 37.6. The van der Waals surface area contributed by atoms with Gasteiger partial charge in [0.1, 0.15) is 0 Å². The van der Waals surface area contributed by atoms with Crippen molar-refractivity contribution < 1.29 is 0 Å². The molecule has 264 valence electrons. The van der Waals surface area contributed by atoms with Gasteiger partial charge in [-0.3, -0.25) is 0 Å². The van der Waals surface area contributed by atoms with Crippen molar-refractivity contribution in [2.45, 2.75) is 18.8 Å². The molecule has 56 heavy (non-hydrogen) atoms. The van der Waals surface area contributed by atoms with Crippen molar-refractivity contribution in [3.05, 3.63) is 239 Å². The van der Waals surface area contributed by atoms with Gasteiger partial charge in [0.25, 0.3) is 0 Å². The summed E-state index contributed by atoms with van der Waals surface area (Å²) in [6, 6.07) is 62.6. The largest absolute Gasteiger partial charge is 0.309 e. The fraction of sp³-hybridized carbons (Fsp3) is 0.0545. The highest BCUT2D eigenvalue weighted by Gasteiger charge is 2.52. The molecule has 7 aromatic rings. The summed E-state index contributed by atoms with van der Waals surface area (Å²) in [4.78, 5) is 2.48. The first kappa shape index (κ1) is 33.4. The van der Waals surface area contributed by atoms with E-state index in [-0.39, 0.29) is 0 Å². The summed E-state index contributed by atoms with van der Waals surface area (Å²) >= 11 is 0. The molecule has 0 unspecified atom stereocenters. The van der Waals surface area contributed by atoms with Crippen LogP contribution in [-0.4, -0.2) is 0 Å². The van der Waals surface area contributed by atoms with E-state index in [1.165, 1.54) is 66.8 Å². The fourth-order valence-electron chi connectivity index (χ4n) is 9.50. The van der Waals surface area contributed by atoms with E-state index in [0.29, 0.717) is 0 Å². The van der Waals surface area contributed by atoms with Gasteiger partial charge in [-0.25, -0.2) is 0 Å². The number of anilines is 3. The van der Waals surface area contributed by atoms with Crippen molar-refractivity contribution in [1.29, 1.82) is 0 Å². The number of hydrogen-bond acceptors (Lipinski definition) is 1. The number of fused-ring (bicyclic) bond motifs is 10. The minimum Gasteiger partial charge on any atom is -0.309 e. The van der Waals surface area contributed by atoms with Gasteiger partial charge in [-0.1, -0.05) is 176 Å². The Hall–Kier alpha value is -7.14. The maximum atomic E-state index is 6.04. The van der Waals surface area contributed by atoms with Crippen LogP contribution in [0.4, 0.5) is 17.1 Å². The molecule has 0 saturated heterocycles. The van der Waals surface area contributed by atoms with E-state index in [2.05, 4.69) is 193 Å². The van der Waals surface area contributed by atoms with Gasteiger partial charge in [0.15, 0.2) is 0 Å². The number of terminal acetylenes is 1. The van der Waals surface area contributed by atoms with Crippen LogP contribution in [0.1, 0.15) is 41.2 Å². The zero-order valence-corrected chi connectivity index (χ0v) is 31.3. The van der Waals surface area contributed by atoms with Gasteiger partial charge < -0.3 is 4.90 Å². The normalized spacial score (nSPS) is 14.5. The average Bonchev–Trinajstić information content (AvgIpc) is 3.95. The Morgan fingerprint density at radius 1 is 0.571 bits per heavy atom. The van der Waals surface area contributed by atoms with Crippen LogP contribution in [0, 0.1) is 12.3 Å². The first-order chi connectivity index (χ1) is 27.7. The van der Waals surface area contributed by atoms with Gasteiger partial charge in [0.05, 0.1) is 16.8 Å². The minimum atomic E-state index is -0.434. The first-order valence-corrected chi connectivity index (χ1v) is 19.4. The van der Waals surface area contributed by atoms with E-state index >= 15 is 0 Å². The number of benzene rings is 7. The standard InChI is InChI=1S/C55H39N/c1-3-5-19-38(4-2)42-26-17-27-43(42)40-34-36-41(37-35-40)56(52-32-16-12-22-44(52)39-20-7-6-8-21-39)53-33-18-31-51-54(53)47-25-11-15-30-50(47)55(51)48-28-13-9-23-45(48)46-24-10-14-29-49(46)55/h2-3,5-25,27-37H,26H2,1H3/b5-3-,38-19+. The van der Waals surface area contributed by atoms with Crippen molar-refractivity contribution in [2.75, 3.05) is 4.90 Å². The SMILES string of the molecule is C#C/C(=C\C=C/C)C1=C(c2ccc(N(c3ccccc3-c3ccccc3)c3cccc4c3-c3ccccc3C43c4ccccc4-c4ccccc43)cc2)C=CC1. The molecule has 0 radical (unpaired) electrons. The lowest BCUT2D eigenvalue weighted by Gasteiger charge is -2.32. The predicted octanol–water partition coefficient (Wildman–Crippen LogP) is 14.0. The molecule has 3 aliphatic rings. The highest BCUT2D eigenvalue weighted by Crippen LogP contribution is 2.64. The number of allylic oxidation sites excluding steroid dienone is 8. The molecule has 3 aliphatic carbocycles. The zero-order valence-electron chi connectivity index (χ0n) is 31.3. The molecule has 7 aromatic carbocycles. The van der Waals surface area contributed by atoms with Crippen LogP contribution in [0.2, 0.25) is 0 Å². The third kappa shape index (κ3) is 4.97. The van der Waals surface area contributed by atoms with Crippen LogP contribution in [0.25, 0.3) is 39.0 Å². The molecule has 0 amide bonds. The number of rotatable bonds is 7. The molecule has 1 nitrogen and oxygen atoms in total. The molecule has 0 aliphatic heterocycles. The van der Waals surface area contributed by atoms with Gasteiger partial charge in [-0.15, -0.1) is 6.42 Å². The smallest absolute Gasteiger partial charge is 0.0726 e. The molecule has 0 bridgehead atoms. The molecule has 10 rings (SSSR count). The topological polar surface area (TPSA) is 3.24 Å². The maximum absolute atomic E-state index is 6.04. The summed E-state index contributed by atoms with van der Waals surface area (Å²) in [6.45, 7) is 2.01. The Morgan fingerprint density at radius 2 is 1.14 bits per heavy atom. The van der Waals surface area contributed by atoms with Crippen molar-refractivity contribution in [2.24, 2.45) is 0 Å². The Labute approximate surface area is 330 Å². The summed E-state index contributed by atoms with van der Waals surface area (Å²) in [6.07, 6.45) is 17.4. The van der Waals surface area contributed by atoms with Gasteiger partial charge >= 0.3 is 0 Å². The molecular weight excluding hydrogens is 675 g/mol. The third-order valence-corrected chi connectivity index (χ3v) is 11.8. The Bertz CT molecular complexity index is 2790. The summed E-state index contributed by atoms with van der Waals surface area (Å²) in [5, 5.41) is 0. The van der Waals surface area contributed by atoms with Crippen LogP contribution in [-0.2, 0) is 5.41 Å². The van der Waals surface area contributed by atoms with Crippen molar-refractivity contribution in [3.63, 3.8) is 0 Å². The summed E-state index contributed by atoms with van der Waals surface area (Å²) < 4.78 is 0. The number of para-hydroxylation sites is 1. The number of nitrogens with zero attached hydrogens (tertiary/aromatic N) is 1. The van der Waals surface area contributed by atoms with Crippen LogP contribution in [0.15, 0.2) is 211 Å². The second-order valence-electron chi connectivity index (χ2n) is 14.6. The summed E-state index contributed by atoms with van der Waals surface area (Å²) in [5.41, 5.74) is 20.2. The van der Waals surface area contributed by atoms with Crippen LogP contribution in [0.3, 0.4) is 0 Å². The lowest BCUT2D eigenvalue weighted by Crippen LogP contribution is -2.26. The van der Waals surface area contributed by atoms with Crippen LogP contribution in [0.5, 0.6) is 0 Å². The summed E-state index contributed by atoms with van der Waals surface area (Å²) in [7, 11) is 0. The van der Waals surface area contributed by atoms with Crippen molar-refractivity contribution in [1.82, 2.24) is 0 Å².